The molecule has 2 heterocycles. The second-order valence-corrected chi connectivity index (χ2v) is 7.05. The van der Waals surface area contributed by atoms with Crippen LogP contribution in [-0.2, 0) is 11.3 Å². The molecule has 0 radical (unpaired) electrons. The van der Waals surface area contributed by atoms with Crippen molar-refractivity contribution in [2.45, 2.75) is 32.4 Å². The number of hydrogen-bond donors (Lipinski definition) is 1. The second-order valence-electron chi connectivity index (χ2n) is 6.06. The second kappa shape index (κ2) is 6.63. The van der Waals surface area contributed by atoms with Gasteiger partial charge in [0.2, 0.25) is 0 Å². The summed E-state index contributed by atoms with van der Waals surface area (Å²) in [5.41, 5.74) is 2.49. The number of benzene rings is 1. The van der Waals surface area contributed by atoms with Gasteiger partial charge in [0.05, 0.1) is 5.92 Å². The topological polar surface area (TPSA) is 40.5 Å². The van der Waals surface area contributed by atoms with E-state index in [1.807, 2.05) is 6.07 Å². The molecule has 3 rings (SSSR count). The summed E-state index contributed by atoms with van der Waals surface area (Å²) in [7, 11) is 0. The summed E-state index contributed by atoms with van der Waals surface area (Å²) in [5, 5.41) is 11.4. The fourth-order valence-electron chi connectivity index (χ4n) is 3.05. The summed E-state index contributed by atoms with van der Waals surface area (Å²) in [6, 6.07) is 13.1. The van der Waals surface area contributed by atoms with Gasteiger partial charge in [-0.3, -0.25) is 9.69 Å². The number of thiophene rings is 1. The lowest BCUT2D eigenvalue weighted by atomic mass is 9.93. The van der Waals surface area contributed by atoms with E-state index in [0.29, 0.717) is 12.6 Å². The maximum absolute atomic E-state index is 11.2. The number of nitrogens with zero attached hydrogens (tertiary/aromatic N) is 1. The number of rotatable bonds is 4. The molecule has 0 aliphatic carbocycles. The zero-order chi connectivity index (χ0) is 15.5. The summed E-state index contributed by atoms with van der Waals surface area (Å²) >= 11 is 1.76. The van der Waals surface area contributed by atoms with Crippen LogP contribution < -0.4 is 0 Å². The van der Waals surface area contributed by atoms with Gasteiger partial charge in [0.25, 0.3) is 0 Å². The van der Waals surface area contributed by atoms with Crippen LogP contribution >= 0.6 is 11.3 Å². The molecule has 0 saturated carbocycles. The Balaban J connectivity index is 1.70. The largest absolute Gasteiger partial charge is 0.481 e. The van der Waals surface area contributed by atoms with Crippen molar-refractivity contribution in [3.8, 4) is 11.1 Å². The molecule has 22 heavy (non-hydrogen) atoms. The van der Waals surface area contributed by atoms with Crippen LogP contribution in [0, 0.1) is 5.92 Å². The zero-order valence-electron chi connectivity index (χ0n) is 12.7. The van der Waals surface area contributed by atoms with Crippen molar-refractivity contribution in [2.75, 3.05) is 6.54 Å². The van der Waals surface area contributed by atoms with Gasteiger partial charge in [0.1, 0.15) is 0 Å². The highest BCUT2D eigenvalue weighted by Crippen LogP contribution is 2.29. The molecule has 116 valence electrons. The van der Waals surface area contributed by atoms with Gasteiger partial charge in [-0.15, -0.1) is 11.3 Å². The molecule has 4 heteroatoms. The lowest BCUT2D eigenvalue weighted by molar-refractivity contribution is -0.144. The molecule has 1 aromatic carbocycles. The summed E-state index contributed by atoms with van der Waals surface area (Å²) in [4.78, 5) is 14.8. The highest BCUT2D eigenvalue weighted by molar-refractivity contribution is 7.10. The monoisotopic (exact) mass is 315 g/mol. The van der Waals surface area contributed by atoms with Crippen LogP contribution in [0.15, 0.2) is 41.8 Å². The van der Waals surface area contributed by atoms with Crippen molar-refractivity contribution < 1.29 is 9.90 Å². The van der Waals surface area contributed by atoms with Crippen molar-refractivity contribution in [2.24, 2.45) is 5.92 Å². The molecular formula is C18H21NO2S. The standard InChI is InChI=1S/C18H21NO2S/c1-13-7-8-15(18(20)21)10-19(13)11-17-9-16(12-22-17)14-5-3-2-4-6-14/h2-6,9,12-13,15H,7-8,10-11H2,1H3,(H,20,21). The predicted molar refractivity (Wildman–Crippen MR) is 90.0 cm³/mol. The summed E-state index contributed by atoms with van der Waals surface area (Å²) in [5.74, 6) is -0.877. The van der Waals surface area contributed by atoms with E-state index in [2.05, 4.69) is 47.5 Å². The van der Waals surface area contributed by atoms with Crippen LogP contribution in [0.25, 0.3) is 11.1 Å². The Hall–Kier alpha value is -1.65. The number of carboxylic acids is 1. The fraction of sp³-hybridized carbons (Fsp3) is 0.389. The first-order chi connectivity index (χ1) is 10.6. The Morgan fingerprint density at radius 3 is 2.77 bits per heavy atom. The number of carbonyl (C=O) groups is 1. The normalized spacial score (nSPS) is 22.6. The van der Waals surface area contributed by atoms with Gasteiger partial charge in [0.15, 0.2) is 0 Å². The number of hydrogen-bond acceptors (Lipinski definition) is 3. The van der Waals surface area contributed by atoms with Crippen molar-refractivity contribution >= 4 is 17.3 Å². The third-order valence-electron chi connectivity index (χ3n) is 4.48. The average Bonchev–Trinajstić information content (AvgIpc) is 2.99. The van der Waals surface area contributed by atoms with Gasteiger partial charge in [-0.05, 0) is 42.3 Å². The van der Waals surface area contributed by atoms with E-state index in [0.717, 1.165) is 19.4 Å². The molecular weight excluding hydrogens is 294 g/mol. The Kier molecular flexibility index (Phi) is 4.60. The first kappa shape index (κ1) is 15.3. The lowest BCUT2D eigenvalue weighted by Gasteiger charge is -2.36. The Morgan fingerprint density at radius 2 is 2.05 bits per heavy atom. The number of carboxylic acid groups (broad SMARTS) is 1. The van der Waals surface area contributed by atoms with E-state index in [4.69, 9.17) is 0 Å². The minimum atomic E-state index is -0.659. The number of aliphatic carboxylic acids is 1. The van der Waals surface area contributed by atoms with E-state index >= 15 is 0 Å². The Morgan fingerprint density at radius 1 is 1.27 bits per heavy atom. The van der Waals surface area contributed by atoms with Gasteiger partial charge in [0, 0.05) is 24.0 Å². The smallest absolute Gasteiger partial charge is 0.307 e. The van der Waals surface area contributed by atoms with Crippen LogP contribution in [0.3, 0.4) is 0 Å². The Labute approximate surface area is 135 Å². The molecule has 1 aliphatic rings. The molecule has 1 aliphatic heterocycles. The lowest BCUT2D eigenvalue weighted by Crippen LogP contribution is -2.43. The SMILES string of the molecule is CC1CCC(C(=O)O)CN1Cc1cc(-c2ccccc2)cs1. The van der Waals surface area contributed by atoms with Crippen molar-refractivity contribution in [1.82, 2.24) is 4.90 Å². The third-order valence-corrected chi connectivity index (χ3v) is 5.40. The minimum Gasteiger partial charge on any atom is -0.481 e. The van der Waals surface area contributed by atoms with Crippen LogP contribution in [0.5, 0.6) is 0 Å². The first-order valence-electron chi connectivity index (χ1n) is 7.73. The van der Waals surface area contributed by atoms with E-state index in [1.54, 1.807) is 11.3 Å². The van der Waals surface area contributed by atoms with E-state index in [1.165, 1.54) is 16.0 Å². The number of likely N-dealkylation sites (tertiary alicyclic amines) is 1. The van der Waals surface area contributed by atoms with Crippen molar-refractivity contribution in [3.05, 3.63) is 46.7 Å². The zero-order valence-corrected chi connectivity index (χ0v) is 13.6. The molecule has 3 nitrogen and oxygen atoms in total. The molecule has 2 atom stereocenters. The Bertz CT molecular complexity index is 638. The molecule has 1 saturated heterocycles. The fourth-order valence-corrected chi connectivity index (χ4v) is 3.96. The minimum absolute atomic E-state index is 0.218. The van der Waals surface area contributed by atoms with Crippen LogP contribution in [0.2, 0.25) is 0 Å². The average molecular weight is 315 g/mol. The summed E-state index contributed by atoms with van der Waals surface area (Å²) in [6.07, 6.45) is 1.76. The number of piperidine rings is 1. The van der Waals surface area contributed by atoms with Gasteiger partial charge >= 0.3 is 5.97 Å². The van der Waals surface area contributed by atoms with Crippen molar-refractivity contribution in [3.63, 3.8) is 0 Å². The van der Waals surface area contributed by atoms with Crippen LogP contribution in [0.1, 0.15) is 24.6 Å². The maximum atomic E-state index is 11.2. The van der Waals surface area contributed by atoms with Gasteiger partial charge in [-0.1, -0.05) is 30.3 Å². The molecule has 1 fully saturated rings. The van der Waals surface area contributed by atoms with Crippen LogP contribution in [-0.4, -0.2) is 28.6 Å². The molecule has 0 spiro atoms. The van der Waals surface area contributed by atoms with Gasteiger partial charge in [-0.2, -0.15) is 0 Å². The summed E-state index contributed by atoms with van der Waals surface area (Å²) in [6.45, 7) is 3.71. The van der Waals surface area contributed by atoms with Gasteiger partial charge < -0.3 is 5.11 Å². The van der Waals surface area contributed by atoms with Gasteiger partial charge in [-0.25, -0.2) is 0 Å². The molecule has 2 aromatic rings. The molecule has 0 bridgehead atoms. The van der Waals surface area contributed by atoms with E-state index in [-0.39, 0.29) is 5.92 Å². The third kappa shape index (κ3) is 3.39. The highest BCUT2D eigenvalue weighted by atomic mass is 32.1. The first-order valence-corrected chi connectivity index (χ1v) is 8.61. The maximum Gasteiger partial charge on any atom is 0.307 e. The van der Waals surface area contributed by atoms with Crippen LogP contribution in [0.4, 0.5) is 0 Å². The quantitative estimate of drug-likeness (QED) is 0.923. The predicted octanol–water partition coefficient (Wildman–Crippen LogP) is 4.10. The van der Waals surface area contributed by atoms with E-state index in [9.17, 15) is 9.90 Å². The van der Waals surface area contributed by atoms with Crippen molar-refractivity contribution in [1.29, 1.82) is 0 Å². The molecule has 1 aromatic heterocycles. The molecule has 0 amide bonds. The van der Waals surface area contributed by atoms with E-state index < -0.39 is 5.97 Å². The molecule has 1 N–H and O–H groups in total. The highest BCUT2D eigenvalue weighted by Gasteiger charge is 2.29. The molecule has 2 unspecified atom stereocenters. The summed E-state index contributed by atoms with van der Waals surface area (Å²) < 4.78 is 0.